The number of hydrogen-bond acceptors (Lipinski definition) is 6. The van der Waals surface area contributed by atoms with E-state index >= 15 is 0 Å². The number of rotatable bonds is 8. The Hall–Kier alpha value is -3.72. The van der Waals surface area contributed by atoms with Gasteiger partial charge in [0.15, 0.2) is 6.61 Å². The maximum Gasteiger partial charge on any atom is 0.261 e. The summed E-state index contributed by atoms with van der Waals surface area (Å²) in [7, 11) is -2.08. The molecule has 3 aromatic carbocycles. The molecule has 1 heterocycles. The second-order valence-corrected chi connectivity index (χ2v) is 9.98. The molecule has 1 N–H and O–H groups in total. The molecule has 184 valence electrons. The number of aryl methyl sites for hydroxylation is 1. The summed E-state index contributed by atoms with van der Waals surface area (Å²) in [6.07, 6.45) is 0. The van der Waals surface area contributed by atoms with Crippen LogP contribution in [0.2, 0.25) is 0 Å². The van der Waals surface area contributed by atoms with Gasteiger partial charge in [-0.15, -0.1) is 0 Å². The van der Waals surface area contributed by atoms with Crippen molar-refractivity contribution >= 4 is 27.3 Å². The molecule has 1 aliphatic rings. The zero-order valence-electron chi connectivity index (χ0n) is 19.8. The van der Waals surface area contributed by atoms with Gasteiger partial charge in [-0.25, -0.2) is 8.42 Å². The van der Waals surface area contributed by atoms with Gasteiger partial charge >= 0.3 is 0 Å². The lowest BCUT2D eigenvalue weighted by molar-refractivity contribution is -0.133. The first-order chi connectivity index (χ1) is 16.8. The molecule has 8 nitrogen and oxygen atoms in total. The quantitative estimate of drug-likeness (QED) is 0.514. The third-order valence-corrected chi connectivity index (χ3v) is 7.27. The second-order valence-electron chi connectivity index (χ2n) is 8.30. The molecule has 35 heavy (non-hydrogen) atoms. The van der Waals surface area contributed by atoms with E-state index < -0.39 is 10.0 Å². The normalized spacial score (nSPS) is 13.9. The van der Waals surface area contributed by atoms with Crippen molar-refractivity contribution in [2.24, 2.45) is 0 Å². The van der Waals surface area contributed by atoms with Crippen molar-refractivity contribution in [1.82, 2.24) is 4.90 Å². The van der Waals surface area contributed by atoms with Crippen molar-refractivity contribution in [3.05, 3.63) is 78.4 Å². The van der Waals surface area contributed by atoms with Gasteiger partial charge in [-0.1, -0.05) is 17.7 Å². The molecule has 1 aliphatic heterocycles. The minimum atomic E-state index is -3.72. The Labute approximate surface area is 206 Å². The molecule has 1 amide bonds. The third-order valence-electron chi connectivity index (χ3n) is 5.87. The molecule has 0 radical (unpaired) electrons. The molecular formula is C26H29N3O5S. The maximum atomic E-state index is 12.6. The average Bonchev–Trinajstić information content (AvgIpc) is 2.89. The fourth-order valence-corrected chi connectivity index (χ4v) is 4.85. The summed E-state index contributed by atoms with van der Waals surface area (Å²) in [5, 5.41) is 0. The molecule has 0 atom stereocenters. The summed E-state index contributed by atoms with van der Waals surface area (Å²) in [6, 6.07) is 21.0. The van der Waals surface area contributed by atoms with Crippen molar-refractivity contribution in [3.8, 4) is 11.5 Å². The van der Waals surface area contributed by atoms with E-state index in [2.05, 4.69) is 9.62 Å². The lowest BCUT2D eigenvalue weighted by Crippen LogP contribution is -2.50. The van der Waals surface area contributed by atoms with E-state index in [1.807, 2.05) is 43.3 Å². The predicted molar refractivity (Wildman–Crippen MR) is 136 cm³/mol. The van der Waals surface area contributed by atoms with Crippen LogP contribution in [0.15, 0.2) is 77.7 Å². The van der Waals surface area contributed by atoms with Crippen LogP contribution in [-0.4, -0.2) is 59.1 Å². The number of carbonyl (C=O) groups excluding carboxylic acids is 1. The van der Waals surface area contributed by atoms with Crippen molar-refractivity contribution < 1.29 is 22.7 Å². The molecule has 0 bridgehead atoms. The molecular weight excluding hydrogens is 466 g/mol. The Kier molecular flexibility index (Phi) is 7.45. The van der Waals surface area contributed by atoms with Gasteiger partial charge in [-0.05, 0) is 67.6 Å². The SMILES string of the molecule is COc1ccc(N2CCN(C(=O)COc3ccc(S(=O)(=O)Nc4ccc(C)cc4)cc3)CC2)cc1. The molecule has 0 saturated carbocycles. The van der Waals surface area contributed by atoms with Gasteiger partial charge in [0.2, 0.25) is 0 Å². The fraction of sp³-hybridized carbons (Fsp3) is 0.269. The summed E-state index contributed by atoms with van der Waals surface area (Å²) in [5.74, 6) is 1.15. The Balaban J connectivity index is 1.26. The number of ether oxygens (including phenoxy) is 2. The summed E-state index contributed by atoms with van der Waals surface area (Å²) in [6.45, 7) is 4.52. The second kappa shape index (κ2) is 10.7. The van der Waals surface area contributed by atoms with E-state index in [4.69, 9.17) is 9.47 Å². The largest absolute Gasteiger partial charge is 0.497 e. The van der Waals surface area contributed by atoms with Crippen molar-refractivity contribution in [2.45, 2.75) is 11.8 Å². The predicted octanol–water partition coefficient (Wildman–Crippen LogP) is 3.53. The van der Waals surface area contributed by atoms with Crippen LogP contribution in [0.3, 0.4) is 0 Å². The van der Waals surface area contributed by atoms with E-state index in [9.17, 15) is 13.2 Å². The lowest BCUT2D eigenvalue weighted by atomic mass is 10.2. The average molecular weight is 496 g/mol. The van der Waals surface area contributed by atoms with E-state index in [1.54, 1.807) is 36.3 Å². The number of methoxy groups -OCH3 is 1. The van der Waals surface area contributed by atoms with Crippen LogP contribution in [0.4, 0.5) is 11.4 Å². The molecule has 1 fully saturated rings. The molecule has 4 rings (SSSR count). The number of amides is 1. The lowest BCUT2D eigenvalue weighted by Gasteiger charge is -2.36. The number of benzene rings is 3. The van der Waals surface area contributed by atoms with Gasteiger partial charge in [-0.2, -0.15) is 0 Å². The number of anilines is 2. The molecule has 0 aliphatic carbocycles. The van der Waals surface area contributed by atoms with Crippen LogP contribution < -0.4 is 19.1 Å². The molecule has 9 heteroatoms. The standard InChI is InChI=1S/C26H29N3O5S/c1-20-3-5-21(6-4-20)27-35(31,32)25-13-11-24(12-14-25)34-19-26(30)29-17-15-28(16-18-29)22-7-9-23(33-2)10-8-22/h3-14,27H,15-19H2,1-2H3. The van der Waals surface area contributed by atoms with Crippen LogP contribution in [0.5, 0.6) is 11.5 Å². The van der Waals surface area contributed by atoms with Crippen LogP contribution in [0.1, 0.15) is 5.56 Å². The molecule has 3 aromatic rings. The van der Waals surface area contributed by atoms with E-state index in [0.717, 1.165) is 30.1 Å². The number of nitrogens with zero attached hydrogens (tertiary/aromatic N) is 2. The van der Waals surface area contributed by atoms with Gasteiger partial charge < -0.3 is 19.3 Å². The summed E-state index contributed by atoms with van der Waals surface area (Å²) >= 11 is 0. The Morgan fingerprint density at radius 1 is 0.857 bits per heavy atom. The van der Waals surface area contributed by atoms with E-state index in [1.165, 1.54) is 12.1 Å². The van der Waals surface area contributed by atoms with Gasteiger partial charge in [0.05, 0.1) is 12.0 Å². The van der Waals surface area contributed by atoms with Gasteiger partial charge in [0, 0.05) is 37.6 Å². The van der Waals surface area contributed by atoms with Gasteiger partial charge in [-0.3, -0.25) is 9.52 Å². The maximum absolute atomic E-state index is 12.6. The zero-order chi connectivity index (χ0) is 24.8. The number of sulfonamides is 1. The van der Waals surface area contributed by atoms with Crippen LogP contribution in [-0.2, 0) is 14.8 Å². The third kappa shape index (κ3) is 6.24. The van der Waals surface area contributed by atoms with Crippen molar-refractivity contribution in [1.29, 1.82) is 0 Å². The summed E-state index contributed by atoms with van der Waals surface area (Å²) in [5.41, 5.74) is 2.64. The number of nitrogens with one attached hydrogen (secondary N) is 1. The molecule has 0 unspecified atom stereocenters. The minimum Gasteiger partial charge on any atom is -0.497 e. The van der Waals surface area contributed by atoms with Crippen LogP contribution in [0, 0.1) is 6.92 Å². The fourth-order valence-electron chi connectivity index (χ4n) is 3.79. The van der Waals surface area contributed by atoms with Crippen LogP contribution >= 0.6 is 0 Å². The highest BCUT2D eigenvalue weighted by Crippen LogP contribution is 2.22. The minimum absolute atomic E-state index is 0.0999. The first-order valence-corrected chi connectivity index (χ1v) is 12.8. The summed E-state index contributed by atoms with van der Waals surface area (Å²) < 4.78 is 38.6. The van der Waals surface area contributed by atoms with Gasteiger partial charge in [0.1, 0.15) is 11.5 Å². The summed E-state index contributed by atoms with van der Waals surface area (Å²) in [4.78, 5) is 16.7. The number of carbonyl (C=O) groups is 1. The molecule has 1 saturated heterocycles. The van der Waals surface area contributed by atoms with Crippen molar-refractivity contribution in [2.75, 3.05) is 49.5 Å². The topological polar surface area (TPSA) is 88.2 Å². The Morgan fingerprint density at radius 2 is 1.46 bits per heavy atom. The molecule has 0 spiro atoms. The van der Waals surface area contributed by atoms with Crippen LogP contribution in [0.25, 0.3) is 0 Å². The first kappa shape index (κ1) is 24.4. The van der Waals surface area contributed by atoms with E-state index in [-0.39, 0.29) is 17.4 Å². The smallest absolute Gasteiger partial charge is 0.261 e. The Bertz CT molecular complexity index is 1240. The zero-order valence-corrected chi connectivity index (χ0v) is 20.6. The number of piperazine rings is 1. The highest BCUT2D eigenvalue weighted by molar-refractivity contribution is 7.92. The van der Waals surface area contributed by atoms with Crippen molar-refractivity contribution in [3.63, 3.8) is 0 Å². The highest BCUT2D eigenvalue weighted by Gasteiger charge is 2.22. The monoisotopic (exact) mass is 495 g/mol. The first-order valence-electron chi connectivity index (χ1n) is 11.3. The van der Waals surface area contributed by atoms with Gasteiger partial charge in [0.25, 0.3) is 15.9 Å². The Morgan fingerprint density at radius 3 is 2.06 bits per heavy atom. The molecule has 0 aromatic heterocycles. The van der Waals surface area contributed by atoms with E-state index in [0.29, 0.717) is 24.5 Å². The number of hydrogen-bond donors (Lipinski definition) is 1. The highest BCUT2D eigenvalue weighted by atomic mass is 32.2.